The minimum Gasteiger partial charge on any atom is -0.305 e. The largest absolute Gasteiger partial charge is 0.305 e. The summed E-state index contributed by atoms with van der Waals surface area (Å²) in [5.74, 6) is 0. The second-order valence-corrected chi connectivity index (χ2v) is 5.84. The fourth-order valence-corrected chi connectivity index (χ4v) is 3.31. The van der Waals surface area contributed by atoms with Crippen LogP contribution in [0.5, 0.6) is 0 Å². The van der Waals surface area contributed by atoms with Gasteiger partial charge in [-0.05, 0) is 22.3 Å². The monoisotopic (exact) mass is 288 g/mol. The number of nitrogens with one attached hydrogen (secondary N) is 2. The van der Waals surface area contributed by atoms with Gasteiger partial charge in [0.25, 0.3) is 0 Å². The molecule has 0 radical (unpaired) electrons. The summed E-state index contributed by atoms with van der Waals surface area (Å²) in [7, 11) is 0. The molecule has 0 bridgehead atoms. The Bertz CT molecular complexity index is 666. The molecule has 0 spiro atoms. The van der Waals surface area contributed by atoms with Gasteiger partial charge in [0.05, 0.1) is 12.1 Å². The van der Waals surface area contributed by atoms with Gasteiger partial charge in [-0.2, -0.15) is 0 Å². The van der Waals surface area contributed by atoms with Gasteiger partial charge in [-0.1, -0.05) is 72.8 Å². The van der Waals surface area contributed by atoms with Crippen LogP contribution < -0.4 is 10.6 Å². The molecule has 0 saturated heterocycles. The Balaban J connectivity index is 1.29. The van der Waals surface area contributed by atoms with Crippen LogP contribution in [-0.2, 0) is 0 Å². The Kier molecular flexibility index (Phi) is 3.63. The second-order valence-electron chi connectivity index (χ2n) is 5.84. The molecule has 0 amide bonds. The SMILES string of the molecule is C1=CC(NCCNC2C=Cc3ccccc32)c2ccccc21. The summed E-state index contributed by atoms with van der Waals surface area (Å²) in [4.78, 5) is 0. The molecule has 110 valence electrons. The first-order chi connectivity index (χ1) is 10.9. The standard InChI is InChI=1S/C20H20N2/c1-3-7-17-15(5-1)9-11-19(17)21-13-14-22-20-12-10-16-6-2-4-8-18(16)20/h1-12,19-22H,13-14H2. The van der Waals surface area contributed by atoms with Crippen LogP contribution in [0.15, 0.2) is 60.7 Å². The van der Waals surface area contributed by atoms with Crippen LogP contribution in [0.4, 0.5) is 0 Å². The van der Waals surface area contributed by atoms with E-state index < -0.39 is 0 Å². The van der Waals surface area contributed by atoms with Gasteiger partial charge in [0.1, 0.15) is 0 Å². The van der Waals surface area contributed by atoms with Crippen molar-refractivity contribution in [3.05, 3.63) is 82.9 Å². The first kappa shape index (κ1) is 13.5. The van der Waals surface area contributed by atoms with E-state index >= 15 is 0 Å². The van der Waals surface area contributed by atoms with E-state index in [4.69, 9.17) is 0 Å². The van der Waals surface area contributed by atoms with Crippen molar-refractivity contribution >= 4 is 12.2 Å². The summed E-state index contributed by atoms with van der Waals surface area (Å²) in [5.41, 5.74) is 5.43. The lowest BCUT2D eigenvalue weighted by Crippen LogP contribution is -2.30. The Hall–Kier alpha value is -2.16. The molecule has 2 aliphatic carbocycles. The molecular formula is C20H20N2. The molecule has 22 heavy (non-hydrogen) atoms. The third kappa shape index (κ3) is 2.52. The smallest absolute Gasteiger partial charge is 0.0515 e. The van der Waals surface area contributed by atoms with E-state index in [0.717, 1.165) is 13.1 Å². The van der Waals surface area contributed by atoms with Crippen molar-refractivity contribution in [3.63, 3.8) is 0 Å². The summed E-state index contributed by atoms with van der Waals surface area (Å²) in [5, 5.41) is 7.22. The molecule has 2 N–H and O–H groups in total. The third-order valence-corrected chi connectivity index (χ3v) is 4.45. The molecule has 2 atom stereocenters. The predicted molar refractivity (Wildman–Crippen MR) is 92.4 cm³/mol. The van der Waals surface area contributed by atoms with Crippen molar-refractivity contribution in [2.45, 2.75) is 12.1 Å². The van der Waals surface area contributed by atoms with Crippen molar-refractivity contribution in [2.75, 3.05) is 13.1 Å². The number of rotatable bonds is 5. The van der Waals surface area contributed by atoms with Crippen LogP contribution in [0.1, 0.15) is 34.3 Å². The normalized spacial score (nSPS) is 21.1. The van der Waals surface area contributed by atoms with E-state index in [1.54, 1.807) is 0 Å². The van der Waals surface area contributed by atoms with Crippen LogP contribution in [-0.4, -0.2) is 13.1 Å². The molecule has 2 aromatic rings. The molecule has 2 aliphatic rings. The van der Waals surface area contributed by atoms with Crippen molar-refractivity contribution in [1.82, 2.24) is 10.6 Å². The number of hydrogen-bond donors (Lipinski definition) is 2. The first-order valence-electron chi connectivity index (χ1n) is 7.93. The molecule has 4 rings (SSSR count). The van der Waals surface area contributed by atoms with Gasteiger partial charge in [-0.25, -0.2) is 0 Å². The van der Waals surface area contributed by atoms with Gasteiger partial charge in [0.2, 0.25) is 0 Å². The summed E-state index contributed by atoms with van der Waals surface area (Å²) in [6.07, 6.45) is 8.90. The van der Waals surface area contributed by atoms with Crippen molar-refractivity contribution < 1.29 is 0 Å². The molecule has 0 aromatic heterocycles. The van der Waals surface area contributed by atoms with Crippen molar-refractivity contribution in [1.29, 1.82) is 0 Å². The second kappa shape index (κ2) is 5.91. The highest BCUT2D eigenvalue weighted by Crippen LogP contribution is 2.28. The van der Waals surface area contributed by atoms with Gasteiger partial charge < -0.3 is 10.6 Å². The van der Waals surface area contributed by atoms with Gasteiger partial charge in [0, 0.05) is 13.1 Å². The minimum absolute atomic E-state index is 0.351. The zero-order valence-electron chi connectivity index (χ0n) is 12.5. The zero-order chi connectivity index (χ0) is 14.8. The Morgan fingerprint density at radius 1 is 0.636 bits per heavy atom. The van der Waals surface area contributed by atoms with Crippen LogP contribution in [0.25, 0.3) is 12.2 Å². The number of hydrogen-bond acceptors (Lipinski definition) is 2. The zero-order valence-corrected chi connectivity index (χ0v) is 12.5. The predicted octanol–water partition coefficient (Wildman–Crippen LogP) is 3.70. The van der Waals surface area contributed by atoms with E-state index in [2.05, 4.69) is 83.5 Å². The lowest BCUT2D eigenvalue weighted by molar-refractivity contribution is 0.556. The highest BCUT2D eigenvalue weighted by Gasteiger charge is 2.17. The van der Waals surface area contributed by atoms with Gasteiger partial charge in [-0.15, -0.1) is 0 Å². The summed E-state index contributed by atoms with van der Waals surface area (Å²) >= 11 is 0. The molecular weight excluding hydrogens is 268 g/mol. The van der Waals surface area contributed by atoms with E-state index in [0.29, 0.717) is 12.1 Å². The highest BCUT2D eigenvalue weighted by atomic mass is 15.0. The molecule has 0 aliphatic heterocycles. The highest BCUT2D eigenvalue weighted by molar-refractivity contribution is 5.62. The first-order valence-corrected chi connectivity index (χ1v) is 7.93. The van der Waals surface area contributed by atoms with Crippen LogP contribution in [0.3, 0.4) is 0 Å². The molecule has 2 unspecified atom stereocenters. The fraction of sp³-hybridized carbons (Fsp3) is 0.200. The van der Waals surface area contributed by atoms with E-state index in [-0.39, 0.29) is 0 Å². The van der Waals surface area contributed by atoms with Gasteiger partial charge in [0.15, 0.2) is 0 Å². The minimum atomic E-state index is 0.351. The third-order valence-electron chi connectivity index (χ3n) is 4.45. The van der Waals surface area contributed by atoms with Crippen LogP contribution >= 0.6 is 0 Å². The van der Waals surface area contributed by atoms with Crippen LogP contribution in [0, 0.1) is 0 Å². The van der Waals surface area contributed by atoms with E-state index in [9.17, 15) is 0 Å². The molecule has 2 nitrogen and oxygen atoms in total. The quantitative estimate of drug-likeness (QED) is 0.820. The molecule has 0 heterocycles. The maximum absolute atomic E-state index is 3.61. The number of fused-ring (bicyclic) bond motifs is 2. The Labute approximate surface area is 131 Å². The van der Waals surface area contributed by atoms with Crippen LogP contribution in [0.2, 0.25) is 0 Å². The summed E-state index contributed by atoms with van der Waals surface area (Å²) < 4.78 is 0. The van der Waals surface area contributed by atoms with Crippen molar-refractivity contribution in [3.8, 4) is 0 Å². The average Bonchev–Trinajstić information content (AvgIpc) is 3.16. The van der Waals surface area contributed by atoms with Gasteiger partial charge >= 0.3 is 0 Å². The number of benzene rings is 2. The molecule has 0 fully saturated rings. The molecule has 2 aromatic carbocycles. The molecule has 2 heteroatoms. The lowest BCUT2D eigenvalue weighted by Gasteiger charge is -2.16. The average molecular weight is 288 g/mol. The maximum atomic E-state index is 3.61. The topological polar surface area (TPSA) is 24.1 Å². The van der Waals surface area contributed by atoms with E-state index in [1.165, 1.54) is 22.3 Å². The summed E-state index contributed by atoms with van der Waals surface area (Å²) in [6, 6.07) is 17.9. The Morgan fingerprint density at radius 2 is 1.09 bits per heavy atom. The maximum Gasteiger partial charge on any atom is 0.0515 e. The van der Waals surface area contributed by atoms with Gasteiger partial charge in [-0.3, -0.25) is 0 Å². The molecule has 0 saturated carbocycles. The lowest BCUT2D eigenvalue weighted by atomic mass is 10.1. The summed E-state index contributed by atoms with van der Waals surface area (Å²) in [6.45, 7) is 1.91. The Morgan fingerprint density at radius 3 is 1.59 bits per heavy atom. The van der Waals surface area contributed by atoms with E-state index in [1.807, 2.05) is 0 Å². The fourth-order valence-electron chi connectivity index (χ4n) is 3.31. The van der Waals surface area contributed by atoms with Crippen molar-refractivity contribution in [2.24, 2.45) is 0 Å².